The molecule has 1 unspecified atom stereocenters. The maximum atomic E-state index is 9.83. The standard InChI is InChI=1S/C17H22N2OS/c1-12(2)17-18-9-14(21-17)10-19-8-7-13-5-3-4-6-15(13)16(19)11-20/h3-6,9,12,16,20H,7-8,10-11H2,1-2H3. The van der Waals surface area contributed by atoms with Gasteiger partial charge in [0, 0.05) is 30.1 Å². The topological polar surface area (TPSA) is 36.4 Å². The molecule has 3 nitrogen and oxygen atoms in total. The maximum Gasteiger partial charge on any atom is 0.0953 e. The fourth-order valence-electron chi connectivity index (χ4n) is 2.97. The van der Waals surface area contributed by atoms with Gasteiger partial charge in [-0.3, -0.25) is 4.90 Å². The molecule has 1 aromatic heterocycles. The summed E-state index contributed by atoms with van der Waals surface area (Å²) >= 11 is 1.79. The van der Waals surface area contributed by atoms with Gasteiger partial charge in [-0.05, 0) is 17.5 Å². The minimum atomic E-state index is 0.111. The smallest absolute Gasteiger partial charge is 0.0953 e. The van der Waals surface area contributed by atoms with Gasteiger partial charge in [-0.25, -0.2) is 4.98 Å². The third-order valence-electron chi connectivity index (χ3n) is 4.12. The Labute approximate surface area is 130 Å². The predicted molar refractivity (Wildman–Crippen MR) is 86.6 cm³/mol. The van der Waals surface area contributed by atoms with Crippen LogP contribution >= 0.6 is 11.3 Å². The molecule has 3 rings (SSSR count). The number of hydrogen-bond acceptors (Lipinski definition) is 4. The summed E-state index contributed by atoms with van der Waals surface area (Å²) in [5, 5.41) is 11.0. The number of aliphatic hydroxyl groups excluding tert-OH is 1. The van der Waals surface area contributed by atoms with Crippen LogP contribution in [0.2, 0.25) is 0 Å². The van der Waals surface area contributed by atoms with Crippen molar-refractivity contribution in [1.29, 1.82) is 0 Å². The highest BCUT2D eigenvalue weighted by Gasteiger charge is 2.26. The molecule has 0 saturated carbocycles. The molecular formula is C17H22N2OS. The van der Waals surface area contributed by atoms with E-state index in [9.17, 15) is 5.11 Å². The third kappa shape index (κ3) is 3.03. The van der Waals surface area contributed by atoms with Crippen LogP contribution in [-0.2, 0) is 13.0 Å². The average molecular weight is 302 g/mol. The maximum absolute atomic E-state index is 9.83. The van der Waals surface area contributed by atoms with Gasteiger partial charge < -0.3 is 5.11 Å². The molecule has 2 aromatic rings. The van der Waals surface area contributed by atoms with Crippen LogP contribution in [0.1, 0.15) is 46.8 Å². The van der Waals surface area contributed by atoms with Crippen molar-refractivity contribution in [3.8, 4) is 0 Å². The van der Waals surface area contributed by atoms with E-state index in [4.69, 9.17) is 0 Å². The van der Waals surface area contributed by atoms with Crippen molar-refractivity contribution in [3.63, 3.8) is 0 Å². The Morgan fingerprint density at radius 3 is 2.90 bits per heavy atom. The summed E-state index contributed by atoms with van der Waals surface area (Å²) in [6.45, 7) is 6.40. The minimum absolute atomic E-state index is 0.111. The van der Waals surface area contributed by atoms with E-state index in [-0.39, 0.29) is 12.6 Å². The molecule has 112 valence electrons. The van der Waals surface area contributed by atoms with Crippen LogP contribution in [0.25, 0.3) is 0 Å². The summed E-state index contributed by atoms with van der Waals surface area (Å²) < 4.78 is 0. The number of rotatable bonds is 4. The molecule has 1 aliphatic heterocycles. The van der Waals surface area contributed by atoms with Crippen LogP contribution in [0.5, 0.6) is 0 Å². The zero-order valence-corrected chi connectivity index (χ0v) is 13.4. The minimum Gasteiger partial charge on any atom is -0.394 e. The summed E-state index contributed by atoms with van der Waals surface area (Å²) in [7, 11) is 0. The fraction of sp³-hybridized carbons (Fsp3) is 0.471. The zero-order valence-electron chi connectivity index (χ0n) is 12.6. The van der Waals surface area contributed by atoms with E-state index in [1.807, 2.05) is 6.20 Å². The first kappa shape index (κ1) is 14.7. The quantitative estimate of drug-likeness (QED) is 0.941. The van der Waals surface area contributed by atoms with Crippen molar-refractivity contribution in [1.82, 2.24) is 9.88 Å². The van der Waals surface area contributed by atoms with Gasteiger partial charge in [-0.2, -0.15) is 0 Å². The fourth-order valence-corrected chi connectivity index (χ4v) is 3.91. The monoisotopic (exact) mass is 302 g/mol. The van der Waals surface area contributed by atoms with E-state index in [2.05, 4.69) is 48.0 Å². The van der Waals surface area contributed by atoms with Crippen LogP contribution in [0.15, 0.2) is 30.5 Å². The van der Waals surface area contributed by atoms with Crippen LogP contribution < -0.4 is 0 Å². The normalized spacial score (nSPS) is 19.0. The van der Waals surface area contributed by atoms with Gasteiger partial charge in [0.25, 0.3) is 0 Å². The number of aliphatic hydroxyl groups is 1. The molecule has 1 aromatic carbocycles. The number of thiazole rings is 1. The lowest BCUT2D eigenvalue weighted by molar-refractivity contribution is 0.109. The highest BCUT2D eigenvalue weighted by Crippen LogP contribution is 2.32. The number of fused-ring (bicyclic) bond motifs is 1. The van der Waals surface area contributed by atoms with E-state index in [0.29, 0.717) is 5.92 Å². The second-order valence-corrected chi connectivity index (χ2v) is 7.08. The molecule has 0 aliphatic carbocycles. The van der Waals surface area contributed by atoms with Gasteiger partial charge in [0.15, 0.2) is 0 Å². The molecule has 4 heteroatoms. The van der Waals surface area contributed by atoms with Crippen LogP contribution in [-0.4, -0.2) is 28.1 Å². The molecule has 1 aliphatic rings. The van der Waals surface area contributed by atoms with Crippen LogP contribution in [0.3, 0.4) is 0 Å². The summed E-state index contributed by atoms with van der Waals surface area (Å²) in [6.07, 6.45) is 3.05. The molecular weight excluding hydrogens is 280 g/mol. The van der Waals surface area contributed by atoms with Gasteiger partial charge in [-0.15, -0.1) is 11.3 Å². The largest absolute Gasteiger partial charge is 0.394 e. The van der Waals surface area contributed by atoms with Crippen molar-refractivity contribution in [2.24, 2.45) is 0 Å². The second kappa shape index (κ2) is 6.26. The third-order valence-corrected chi connectivity index (χ3v) is 5.40. The van der Waals surface area contributed by atoms with Gasteiger partial charge in [0.2, 0.25) is 0 Å². The zero-order chi connectivity index (χ0) is 14.8. The Balaban J connectivity index is 1.79. The van der Waals surface area contributed by atoms with Gasteiger partial charge in [-0.1, -0.05) is 38.1 Å². The van der Waals surface area contributed by atoms with Crippen molar-refractivity contribution < 1.29 is 5.11 Å². The van der Waals surface area contributed by atoms with Crippen molar-refractivity contribution in [2.75, 3.05) is 13.2 Å². The van der Waals surface area contributed by atoms with Crippen molar-refractivity contribution in [2.45, 2.75) is 38.8 Å². The average Bonchev–Trinajstić information content (AvgIpc) is 2.96. The first-order valence-corrected chi connectivity index (χ1v) is 8.38. The van der Waals surface area contributed by atoms with E-state index in [1.165, 1.54) is 21.0 Å². The van der Waals surface area contributed by atoms with Gasteiger partial charge >= 0.3 is 0 Å². The first-order valence-electron chi connectivity index (χ1n) is 7.56. The van der Waals surface area contributed by atoms with Crippen molar-refractivity contribution >= 4 is 11.3 Å². The molecule has 0 fully saturated rings. The Morgan fingerprint density at radius 2 is 2.19 bits per heavy atom. The first-order chi connectivity index (χ1) is 10.2. The lowest BCUT2D eigenvalue weighted by Gasteiger charge is -2.36. The van der Waals surface area contributed by atoms with E-state index in [1.54, 1.807) is 11.3 Å². The molecule has 2 heterocycles. The number of benzene rings is 1. The van der Waals surface area contributed by atoms with Gasteiger partial charge in [0.05, 0.1) is 17.7 Å². The van der Waals surface area contributed by atoms with E-state index >= 15 is 0 Å². The number of hydrogen-bond donors (Lipinski definition) is 1. The number of nitrogens with zero attached hydrogens (tertiary/aromatic N) is 2. The summed E-state index contributed by atoms with van der Waals surface area (Å²) in [4.78, 5) is 8.17. The van der Waals surface area contributed by atoms with E-state index < -0.39 is 0 Å². The Morgan fingerprint density at radius 1 is 1.38 bits per heavy atom. The highest BCUT2D eigenvalue weighted by atomic mass is 32.1. The summed E-state index contributed by atoms with van der Waals surface area (Å²) in [5.74, 6) is 0.486. The summed E-state index contributed by atoms with van der Waals surface area (Å²) in [6, 6.07) is 8.59. The molecule has 21 heavy (non-hydrogen) atoms. The molecule has 0 radical (unpaired) electrons. The SMILES string of the molecule is CC(C)c1ncc(CN2CCc3ccccc3C2CO)s1. The Hall–Kier alpha value is -1.23. The molecule has 1 atom stereocenters. The second-order valence-electron chi connectivity index (χ2n) is 5.94. The number of aromatic nitrogens is 1. The van der Waals surface area contributed by atoms with Crippen LogP contribution in [0.4, 0.5) is 0 Å². The lowest BCUT2D eigenvalue weighted by atomic mass is 9.93. The summed E-state index contributed by atoms with van der Waals surface area (Å²) in [5.41, 5.74) is 2.65. The van der Waals surface area contributed by atoms with Crippen molar-refractivity contribution in [3.05, 3.63) is 51.5 Å². The van der Waals surface area contributed by atoms with E-state index in [0.717, 1.165) is 19.5 Å². The molecule has 0 bridgehead atoms. The lowest BCUT2D eigenvalue weighted by Crippen LogP contribution is -2.36. The molecule has 0 saturated heterocycles. The predicted octanol–water partition coefficient (Wildman–Crippen LogP) is 3.36. The Kier molecular flexibility index (Phi) is 4.38. The Bertz CT molecular complexity index is 608. The highest BCUT2D eigenvalue weighted by molar-refractivity contribution is 7.11. The van der Waals surface area contributed by atoms with Gasteiger partial charge in [0.1, 0.15) is 0 Å². The molecule has 0 spiro atoms. The molecule has 1 N–H and O–H groups in total. The van der Waals surface area contributed by atoms with Crippen LogP contribution in [0, 0.1) is 0 Å². The molecule has 0 amide bonds.